The smallest absolute Gasteiger partial charge is 0.352 e. The molecule has 3 rings (SSSR count). The Morgan fingerprint density at radius 2 is 1.95 bits per heavy atom. The van der Waals surface area contributed by atoms with Gasteiger partial charge in [0, 0.05) is 12.5 Å². The van der Waals surface area contributed by atoms with E-state index in [1.807, 2.05) is 0 Å². The minimum Gasteiger partial charge on any atom is -0.352 e. The van der Waals surface area contributed by atoms with Gasteiger partial charge in [-0.25, -0.2) is 0 Å². The molecule has 2 aliphatic rings. The predicted octanol–water partition coefficient (Wildman–Crippen LogP) is 2.71. The van der Waals surface area contributed by atoms with Crippen molar-refractivity contribution in [3.05, 3.63) is 35.4 Å². The first-order valence-corrected chi connectivity index (χ1v) is 7.56. The largest absolute Gasteiger partial charge is 0.416 e. The Morgan fingerprint density at radius 3 is 2.64 bits per heavy atom. The van der Waals surface area contributed by atoms with Gasteiger partial charge in [-0.1, -0.05) is 18.2 Å². The minimum absolute atomic E-state index is 0.0346. The molecule has 0 radical (unpaired) electrons. The zero-order chi connectivity index (χ0) is 15.8. The van der Waals surface area contributed by atoms with E-state index in [4.69, 9.17) is 0 Å². The molecule has 2 N–H and O–H groups in total. The fourth-order valence-electron chi connectivity index (χ4n) is 3.45. The first-order chi connectivity index (χ1) is 10.4. The van der Waals surface area contributed by atoms with Crippen molar-refractivity contribution < 1.29 is 18.0 Å². The first kappa shape index (κ1) is 15.3. The maximum atomic E-state index is 12.9. The van der Waals surface area contributed by atoms with Gasteiger partial charge in [-0.2, -0.15) is 13.2 Å². The summed E-state index contributed by atoms with van der Waals surface area (Å²) >= 11 is 0. The summed E-state index contributed by atoms with van der Waals surface area (Å²) in [5.74, 6) is -0.147. The highest BCUT2D eigenvalue weighted by atomic mass is 19.4. The molecule has 0 bridgehead atoms. The maximum absolute atomic E-state index is 12.9. The molecule has 0 aromatic heterocycles. The second-order valence-electron chi connectivity index (χ2n) is 6.24. The van der Waals surface area contributed by atoms with Gasteiger partial charge >= 0.3 is 6.18 Å². The summed E-state index contributed by atoms with van der Waals surface area (Å²) in [6.45, 7) is 1.76. The SMILES string of the molecule is O=C(NCc1ccccc1C(F)(F)F)[C@@H]1CC12CCNCC2. The van der Waals surface area contributed by atoms with Crippen molar-refractivity contribution in [2.75, 3.05) is 13.1 Å². The average Bonchev–Trinajstić information content (AvgIpc) is 3.18. The Morgan fingerprint density at radius 1 is 1.27 bits per heavy atom. The molecule has 1 saturated heterocycles. The molecule has 3 nitrogen and oxygen atoms in total. The first-order valence-electron chi connectivity index (χ1n) is 7.56. The lowest BCUT2D eigenvalue weighted by Gasteiger charge is -2.23. The van der Waals surface area contributed by atoms with Gasteiger partial charge in [0.25, 0.3) is 0 Å². The van der Waals surface area contributed by atoms with E-state index in [9.17, 15) is 18.0 Å². The highest BCUT2D eigenvalue weighted by Gasteiger charge is 2.57. The molecule has 1 aliphatic heterocycles. The van der Waals surface area contributed by atoms with E-state index in [1.165, 1.54) is 12.1 Å². The van der Waals surface area contributed by atoms with Crippen LogP contribution in [0.3, 0.4) is 0 Å². The van der Waals surface area contributed by atoms with E-state index in [0.717, 1.165) is 38.4 Å². The van der Waals surface area contributed by atoms with E-state index in [1.54, 1.807) is 6.07 Å². The topological polar surface area (TPSA) is 41.1 Å². The molecule has 1 aromatic rings. The summed E-state index contributed by atoms with van der Waals surface area (Å²) in [6.07, 6.45) is -1.58. The fraction of sp³-hybridized carbons (Fsp3) is 0.562. The Bertz CT molecular complexity index is 565. The van der Waals surface area contributed by atoms with Crippen molar-refractivity contribution >= 4 is 5.91 Å². The van der Waals surface area contributed by atoms with E-state index in [-0.39, 0.29) is 29.3 Å². The lowest BCUT2D eigenvalue weighted by Crippen LogP contribution is -2.33. The lowest BCUT2D eigenvalue weighted by atomic mass is 9.92. The molecule has 1 aliphatic carbocycles. The van der Waals surface area contributed by atoms with Gasteiger partial charge in [-0.3, -0.25) is 4.79 Å². The summed E-state index contributed by atoms with van der Waals surface area (Å²) in [6, 6.07) is 5.38. The number of carbonyl (C=O) groups excluding carboxylic acids is 1. The molecular weight excluding hydrogens is 293 g/mol. The normalized spacial score (nSPS) is 23.3. The van der Waals surface area contributed by atoms with Crippen LogP contribution in [0.4, 0.5) is 13.2 Å². The quantitative estimate of drug-likeness (QED) is 0.901. The van der Waals surface area contributed by atoms with E-state index in [0.29, 0.717) is 0 Å². The molecule has 1 spiro atoms. The molecule has 1 heterocycles. The van der Waals surface area contributed by atoms with Crippen LogP contribution in [0.5, 0.6) is 0 Å². The Kier molecular flexibility index (Phi) is 3.89. The molecule has 22 heavy (non-hydrogen) atoms. The standard InChI is InChI=1S/C16H19F3N2O/c17-16(18,19)12-4-2-1-3-11(12)10-21-14(22)13-9-15(13)5-7-20-8-6-15/h1-4,13,20H,5-10H2,(H,21,22)/t13-/m0/s1. The Labute approximate surface area is 127 Å². The van der Waals surface area contributed by atoms with Crippen LogP contribution in [0.15, 0.2) is 24.3 Å². The number of amides is 1. The summed E-state index contributed by atoms with van der Waals surface area (Å²) in [7, 11) is 0. The third-order valence-corrected chi connectivity index (χ3v) is 4.88. The van der Waals surface area contributed by atoms with Crippen molar-refractivity contribution in [1.29, 1.82) is 0 Å². The van der Waals surface area contributed by atoms with Crippen molar-refractivity contribution in [3.8, 4) is 0 Å². The van der Waals surface area contributed by atoms with Crippen LogP contribution in [-0.2, 0) is 17.5 Å². The third kappa shape index (κ3) is 2.97. The van der Waals surface area contributed by atoms with Crippen molar-refractivity contribution in [2.24, 2.45) is 11.3 Å². The van der Waals surface area contributed by atoms with E-state index >= 15 is 0 Å². The van der Waals surface area contributed by atoms with Gasteiger partial charge in [0.05, 0.1) is 5.56 Å². The van der Waals surface area contributed by atoms with Crippen molar-refractivity contribution in [1.82, 2.24) is 10.6 Å². The number of hydrogen-bond acceptors (Lipinski definition) is 2. The number of alkyl halides is 3. The van der Waals surface area contributed by atoms with Crippen LogP contribution in [-0.4, -0.2) is 19.0 Å². The number of carbonyl (C=O) groups is 1. The van der Waals surface area contributed by atoms with Crippen LogP contribution in [0, 0.1) is 11.3 Å². The molecule has 1 aromatic carbocycles. The van der Waals surface area contributed by atoms with Crippen molar-refractivity contribution in [3.63, 3.8) is 0 Å². The number of nitrogens with one attached hydrogen (secondary N) is 2. The minimum atomic E-state index is -4.39. The summed E-state index contributed by atoms with van der Waals surface area (Å²) in [4.78, 5) is 12.2. The lowest BCUT2D eigenvalue weighted by molar-refractivity contribution is -0.138. The number of benzene rings is 1. The second kappa shape index (κ2) is 5.57. The number of halogens is 3. The highest BCUT2D eigenvalue weighted by molar-refractivity contribution is 5.82. The highest BCUT2D eigenvalue weighted by Crippen LogP contribution is 2.58. The Hall–Kier alpha value is -1.56. The molecule has 1 atom stereocenters. The van der Waals surface area contributed by atoms with E-state index in [2.05, 4.69) is 10.6 Å². The molecule has 1 amide bonds. The van der Waals surface area contributed by atoms with Crippen LogP contribution in [0.1, 0.15) is 30.4 Å². The molecule has 2 fully saturated rings. The van der Waals surface area contributed by atoms with Crippen LogP contribution >= 0.6 is 0 Å². The van der Waals surface area contributed by atoms with Crippen LogP contribution in [0.25, 0.3) is 0 Å². The predicted molar refractivity (Wildman–Crippen MR) is 75.9 cm³/mol. The summed E-state index contributed by atoms with van der Waals surface area (Å²) in [5, 5.41) is 5.95. The number of rotatable bonds is 3. The summed E-state index contributed by atoms with van der Waals surface area (Å²) in [5.41, 5.74) is -0.468. The van der Waals surface area contributed by atoms with Gasteiger partial charge < -0.3 is 10.6 Å². The average molecular weight is 312 g/mol. The molecule has 0 unspecified atom stereocenters. The zero-order valence-corrected chi connectivity index (χ0v) is 12.2. The van der Waals surface area contributed by atoms with Gasteiger partial charge in [0.1, 0.15) is 0 Å². The van der Waals surface area contributed by atoms with Gasteiger partial charge in [-0.05, 0) is 49.4 Å². The van der Waals surface area contributed by atoms with E-state index < -0.39 is 11.7 Å². The second-order valence-corrected chi connectivity index (χ2v) is 6.24. The van der Waals surface area contributed by atoms with Gasteiger partial charge in [0.15, 0.2) is 0 Å². The fourth-order valence-corrected chi connectivity index (χ4v) is 3.45. The Balaban J connectivity index is 1.61. The molecule has 1 saturated carbocycles. The summed E-state index contributed by atoms with van der Waals surface area (Å²) < 4.78 is 38.7. The number of piperidine rings is 1. The zero-order valence-electron chi connectivity index (χ0n) is 12.2. The van der Waals surface area contributed by atoms with Gasteiger partial charge in [-0.15, -0.1) is 0 Å². The van der Waals surface area contributed by atoms with Crippen LogP contribution < -0.4 is 10.6 Å². The number of hydrogen-bond donors (Lipinski definition) is 2. The van der Waals surface area contributed by atoms with Gasteiger partial charge in [0.2, 0.25) is 5.91 Å². The van der Waals surface area contributed by atoms with Crippen LogP contribution in [0.2, 0.25) is 0 Å². The molecular formula is C16H19F3N2O. The van der Waals surface area contributed by atoms with Crippen molar-refractivity contribution in [2.45, 2.75) is 32.0 Å². The maximum Gasteiger partial charge on any atom is 0.416 e. The molecule has 120 valence electrons. The monoisotopic (exact) mass is 312 g/mol. The molecule has 6 heteroatoms. The third-order valence-electron chi connectivity index (χ3n) is 4.88.